The summed E-state index contributed by atoms with van der Waals surface area (Å²) in [4.78, 5) is 14.2. The van der Waals surface area contributed by atoms with Gasteiger partial charge in [0.1, 0.15) is 5.82 Å². The smallest absolute Gasteiger partial charge is 0.335 e. The van der Waals surface area contributed by atoms with Crippen molar-refractivity contribution in [2.75, 3.05) is 12.3 Å². The Hall–Kier alpha value is -1.58. The maximum absolute atomic E-state index is 10.5. The monoisotopic (exact) mass is 155 g/mol. The van der Waals surface area contributed by atoms with Crippen LogP contribution in [-0.2, 0) is 0 Å². The molecule has 0 saturated heterocycles. The number of anilines is 1. The van der Waals surface area contributed by atoms with Gasteiger partial charge in [-0.2, -0.15) is 0 Å². The fourth-order valence-corrected chi connectivity index (χ4v) is 0.632. The van der Waals surface area contributed by atoms with Gasteiger partial charge in [-0.15, -0.1) is 0 Å². The highest BCUT2D eigenvalue weighted by atomic mass is 16.4. The standard InChI is InChI=1S/C7H8N2O2/c1-8-6-4-5(7(10)11)2-3-9-6/h2-4H,1H3,(H,8,9)(H,10,11)/i1D3. The van der Waals surface area contributed by atoms with Crippen LogP contribution in [0.1, 0.15) is 14.5 Å². The van der Waals surface area contributed by atoms with Crippen molar-refractivity contribution in [1.82, 2.24) is 4.98 Å². The molecule has 1 rings (SSSR count). The van der Waals surface area contributed by atoms with Crippen LogP contribution in [0.3, 0.4) is 0 Å². The summed E-state index contributed by atoms with van der Waals surface area (Å²) in [7, 11) is 0. The molecule has 0 unspecified atom stereocenters. The van der Waals surface area contributed by atoms with E-state index in [9.17, 15) is 4.79 Å². The van der Waals surface area contributed by atoms with Crippen LogP contribution in [0.25, 0.3) is 0 Å². The molecule has 1 aromatic heterocycles. The number of aromatic nitrogens is 1. The lowest BCUT2D eigenvalue weighted by atomic mass is 10.3. The minimum atomic E-state index is -2.37. The van der Waals surface area contributed by atoms with Crippen LogP contribution >= 0.6 is 0 Å². The molecule has 0 saturated carbocycles. The summed E-state index contributed by atoms with van der Waals surface area (Å²) in [6.45, 7) is -2.37. The normalized spacial score (nSPS) is 14.4. The molecule has 0 aromatic carbocycles. The summed E-state index contributed by atoms with van der Waals surface area (Å²) >= 11 is 0. The lowest BCUT2D eigenvalue weighted by molar-refractivity contribution is 0.0697. The average Bonchev–Trinajstić information content (AvgIpc) is 2.01. The van der Waals surface area contributed by atoms with Gasteiger partial charge in [-0.1, -0.05) is 0 Å². The highest BCUT2D eigenvalue weighted by molar-refractivity contribution is 5.88. The molecule has 58 valence electrons. The van der Waals surface area contributed by atoms with Gasteiger partial charge in [-0.3, -0.25) is 0 Å². The average molecular weight is 155 g/mol. The van der Waals surface area contributed by atoms with Gasteiger partial charge in [0.05, 0.1) is 5.56 Å². The van der Waals surface area contributed by atoms with E-state index in [2.05, 4.69) is 10.3 Å². The van der Waals surface area contributed by atoms with Crippen molar-refractivity contribution in [2.24, 2.45) is 0 Å². The number of carbonyl (C=O) groups is 1. The first-order chi connectivity index (χ1) is 6.38. The molecular formula is C7H8N2O2. The van der Waals surface area contributed by atoms with Crippen molar-refractivity contribution in [3.05, 3.63) is 23.9 Å². The third-order valence-electron chi connectivity index (χ3n) is 1.13. The molecule has 0 atom stereocenters. The Morgan fingerprint density at radius 2 is 2.73 bits per heavy atom. The lowest BCUT2D eigenvalue weighted by Crippen LogP contribution is -1.99. The molecule has 0 aliphatic carbocycles. The molecule has 0 bridgehead atoms. The van der Waals surface area contributed by atoms with Gasteiger partial charge in [0, 0.05) is 17.3 Å². The Balaban J connectivity index is 2.89. The van der Waals surface area contributed by atoms with Gasteiger partial charge < -0.3 is 10.4 Å². The largest absolute Gasteiger partial charge is 0.478 e. The molecule has 0 aliphatic rings. The SMILES string of the molecule is [2H]C([2H])([2H])Nc1cc(C(=O)O)ccn1. The number of aromatic carboxylic acids is 1. The van der Waals surface area contributed by atoms with E-state index in [-0.39, 0.29) is 11.4 Å². The molecule has 1 aromatic rings. The molecule has 0 spiro atoms. The topological polar surface area (TPSA) is 62.2 Å². The maximum atomic E-state index is 10.5. The molecule has 4 heteroatoms. The molecular weight excluding hydrogens is 144 g/mol. The van der Waals surface area contributed by atoms with Gasteiger partial charge >= 0.3 is 5.97 Å². The molecule has 2 N–H and O–H groups in total. The van der Waals surface area contributed by atoms with E-state index in [0.29, 0.717) is 0 Å². The molecule has 0 radical (unpaired) electrons. The first-order valence-corrected chi connectivity index (χ1v) is 2.86. The van der Waals surface area contributed by atoms with Crippen molar-refractivity contribution in [3.8, 4) is 0 Å². The zero-order chi connectivity index (χ0) is 10.8. The Kier molecular flexibility index (Phi) is 1.18. The van der Waals surface area contributed by atoms with E-state index in [1.165, 1.54) is 12.3 Å². The van der Waals surface area contributed by atoms with Crippen LogP contribution in [0.4, 0.5) is 5.82 Å². The van der Waals surface area contributed by atoms with Crippen LogP contribution in [0.2, 0.25) is 0 Å². The summed E-state index contributed by atoms with van der Waals surface area (Å²) in [5, 5.41) is 10.7. The van der Waals surface area contributed by atoms with Gasteiger partial charge in [0.15, 0.2) is 0 Å². The van der Waals surface area contributed by atoms with Crippen LogP contribution < -0.4 is 5.32 Å². The van der Waals surface area contributed by atoms with Gasteiger partial charge in [0.25, 0.3) is 0 Å². The second kappa shape index (κ2) is 3.01. The number of hydrogen-bond acceptors (Lipinski definition) is 3. The summed E-state index contributed by atoms with van der Waals surface area (Å²) < 4.78 is 20.6. The van der Waals surface area contributed by atoms with Crippen molar-refractivity contribution >= 4 is 11.8 Å². The van der Waals surface area contributed by atoms with Gasteiger partial charge in [-0.05, 0) is 12.1 Å². The van der Waals surface area contributed by atoms with Crippen molar-refractivity contribution in [2.45, 2.75) is 0 Å². The first kappa shape index (κ1) is 4.33. The molecule has 0 aliphatic heterocycles. The predicted molar refractivity (Wildman–Crippen MR) is 40.7 cm³/mol. The van der Waals surface area contributed by atoms with Crippen molar-refractivity contribution in [1.29, 1.82) is 0 Å². The summed E-state index contributed by atoms with van der Waals surface area (Å²) in [6.07, 6.45) is 1.23. The Morgan fingerprint density at radius 1 is 1.91 bits per heavy atom. The fraction of sp³-hybridized carbons (Fsp3) is 0.143. The van der Waals surface area contributed by atoms with Crippen LogP contribution in [-0.4, -0.2) is 23.0 Å². The maximum Gasteiger partial charge on any atom is 0.335 e. The van der Waals surface area contributed by atoms with E-state index in [4.69, 9.17) is 9.22 Å². The molecule has 4 nitrogen and oxygen atoms in total. The zero-order valence-electron chi connectivity index (χ0n) is 8.53. The summed E-state index contributed by atoms with van der Waals surface area (Å²) in [6, 6.07) is 2.45. The molecule has 0 amide bonds. The number of nitrogens with zero attached hydrogens (tertiary/aromatic N) is 1. The summed E-state index contributed by atoms with van der Waals surface area (Å²) in [5.74, 6) is -1.11. The second-order valence-electron chi connectivity index (χ2n) is 1.86. The zero-order valence-corrected chi connectivity index (χ0v) is 5.53. The quantitative estimate of drug-likeness (QED) is 0.663. The van der Waals surface area contributed by atoms with E-state index in [0.717, 1.165) is 6.07 Å². The van der Waals surface area contributed by atoms with E-state index >= 15 is 0 Å². The van der Waals surface area contributed by atoms with Crippen LogP contribution in [0.5, 0.6) is 0 Å². The van der Waals surface area contributed by atoms with Crippen molar-refractivity contribution in [3.63, 3.8) is 0 Å². The Morgan fingerprint density at radius 3 is 3.36 bits per heavy atom. The molecule has 11 heavy (non-hydrogen) atoms. The molecule has 0 fully saturated rings. The highest BCUT2D eigenvalue weighted by Crippen LogP contribution is 2.04. The molecule has 1 heterocycles. The third-order valence-corrected chi connectivity index (χ3v) is 1.13. The first-order valence-electron chi connectivity index (χ1n) is 4.36. The van der Waals surface area contributed by atoms with Gasteiger partial charge in [-0.25, -0.2) is 9.78 Å². The number of carboxylic acids is 1. The highest BCUT2D eigenvalue weighted by Gasteiger charge is 2.01. The Bertz CT molecular complexity index is 351. The Labute approximate surface area is 68.1 Å². The third kappa shape index (κ3) is 1.67. The van der Waals surface area contributed by atoms with Crippen LogP contribution in [0, 0.1) is 0 Å². The van der Waals surface area contributed by atoms with Gasteiger partial charge in [0.2, 0.25) is 0 Å². The minimum Gasteiger partial charge on any atom is -0.478 e. The lowest BCUT2D eigenvalue weighted by Gasteiger charge is -1.98. The summed E-state index contributed by atoms with van der Waals surface area (Å²) in [5.41, 5.74) is -0.00764. The predicted octanol–water partition coefficient (Wildman–Crippen LogP) is 0.821. The fourth-order valence-electron chi connectivity index (χ4n) is 0.632. The number of carboxylic acid groups (broad SMARTS) is 1. The number of pyridine rings is 1. The number of hydrogen-bond donors (Lipinski definition) is 2. The minimum absolute atomic E-state index is 0.00764. The van der Waals surface area contributed by atoms with E-state index in [1.807, 2.05) is 0 Å². The van der Waals surface area contributed by atoms with E-state index < -0.39 is 12.9 Å². The van der Waals surface area contributed by atoms with Crippen molar-refractivity contribution < 1.29 is 14.0 Å². The van der Waals surface area contributed by atoms with Crippen LogP contribution in [0.15, 0.2) is 18.3 Å². The van der Waals surface area contributed by atoms with E-state index in [1.54, 1.807) is 0 Å². The second-order valence-corrected chi connectivity index (χ2v) is 1.86. The number of nitrogens with one attached hydrogen (secondary N) is 1. The number of rotatable bonds is 2.